The van der Waals surface area contributed by atoms with Crippen LogP contribution in [0, 0.1) is 5.82 Å². The quantitative estimate of drug-likeness (QED) is 0.778. The second kappa shape index (κ2) is 5.85. The molecule has 1 aromatic heterocycles. The molecule has 3 aromatic rings. The molecule has 0 radical (unpaired) electrons. The molecule has 2 aromatic carbocycles. The predicted molar refractivity (Wildman–Crippen MR) is 81.4 cm³/mol. The third-order valence-corrected chi connectivity index (χ3v) is 3.31. The van der Waals surface area contributed by atoms with Crippen LogP contribution in [-0.4, -0.2) is 23.2 Å². The van der Waals surface area contributed by atoms with Crippen LogP contribution in [0.3, 0.4) is 0 Å². The van der Waals surface area contributed by atoms with Gasteiger partial charge in [0.15, 0.2) is 11.6 Å². The number of anilines is 1. The summed E-state index contributed by atoms with van der Waals surface area (Å²) in [5.41, 5.74) is 2.09. The largest absolute Gasteiger partial charge is 0.494 e. The van der Waals surface area contributed by atoms with Gasteiger partial charge in [-0.1, -0.05) is 6.07 Å². The van der Waals surface area contributed by atoms with Gasteiger partial charge in [-0.25, -0.2) is 4.39 Å². The third-order valence-electron chi connectivity index (χ3n) is 3.31. The minimum atomic E-state index is -0.480. The average Bonchev–Trinajstić information content (AvgIpc) is 2.95. The number of carbonyl (C=O) groups excluding carboxylic acids is 1. The van der Waals surface area contributed by atoms with Crippen LogP contribution in [0.15, 0.2) is 42.6 Å². The number of rotatable bonds is 4. The van der Waals surface area contributed by atoms with Crippen LogP contribution >= 0.6 is 0 Å². The molecule has 2 N–H and O–H groups in total. The van der Waals surface area contributed by atoms with Gasteiger partial charge in [-0.15, -0.1) is 0 Å². The summed E-state index contributed by atoms with van der Waals surface area (Å²) in [6, 6.07) is 9.94. The van der Waals surface area contributed by atoms with Crippen molar-refractivity contribution in [3.8, 4) is 5.75 Å². The van der Waals surface area contributed by atoms with Crippen molar-refractivity contribution in [3.63, 3.8) is 0 Å². The van der Waals surface area contributed by atoms with E-state index in [2.05, 4.69) is 15.5 Å². The van der Waals surface area contributed by atoms with E-state index in [0.29, 0.717) is 11.3 Å². The lowest BCUT2D eigenvalue weighted by Crippen LogP contribution is -2.14. The molecular formula is C16H14FN3O2. The van der Waals surface area contributed by atoms with E-state index in [1.165, 1.54) is 19.2 Å². The zero-order valence-corrected chi connectivity index (χ0v) is 11.9. The van der Waals surface area contributed by atoms with E-state index >= 15 is 0 Å². The van der Waals surface area contributed by atoms with E-state index in [0.717, 1.165) is 10.9 Å². The molecular weight excluding hydrogens is 285 g/mol. The molecule has 0 fully saturated rings. The van der Waals surface area contributed by atoms with Crippen molar-refractivity contribution in [2.75, 3.05) is 12.4 Å². The lowest BCUT2D eigenvalue weighted by Gasteiger charge is -2.07. The molecule has 0 bridgehead atoms. The van der Waals surface area contributed by atoms with Crippen LogP contribution in [0.1, 0.15) is 5.56 Å². The van der Waals surface area contributed by atoms with Gasteiger partial charge in [0.05, 0.1) is 25.2 Å². The Hall–Kier alpha value is -2.89. The monoisotopic (exact) mass is 299 g/mol. The van der Waals surface area contributed by atoms with Crippen LogP contribution in [0.25, 0.3) is 10.9 Å². The SMILES string of the molecule is COc1ccc(CC(=O)Nc2ccc3cn[nH]c3c2)cc1F. The maximum atomic E-state index is 13.6. The number of halogens is 1. The Morgan fingerprint density at radius 3 is 2.95 bits per heavy atom. The molecule has 5 nitrogen and oxygen atoms in total. The van der Waals surface area contributed by atoms with Crippen molar-refractivity contribution in [2.24, 2.45) is 0 Å². The van der Waals surface area contributed by atoms with Gasteiger partial charge in [0.1, 0.15) is 0 Å². The second-order valence-electron chi connectivity index (χ2n) is 4.87. The first kappa shape index (κ1) is 14.1. The molecule has 1 amide bonds. The fourth-order valence-corrected chi connectivity index (χ4v) is 2.23. The van der Waals surface area contributed by atoms with Gasteiger partial charge in [-0.3, -0.25) is 9.89 Å². The zero-order valence-electron chi connectivity index (χ0n) is 11.9. The van der Waals surface area contributed by atoms with Crippen LogP contribution < -0.4 is 10.1 Å². The number of aromatic nitrogens is 2. The summed E-state index contributed by atoms with van der Waals surface area (Å²) in [5, 5.41) is 10.5. The number of benzene rings is 2. The van der Waals surface area contributed by atoms with Crippen LogP contribution in [-0.2, 0) is 11.2 Å². The number of fused-ring (bicyclic) bond motifs is 1. The van der Waals surface area contributed by atoms with Crippen molar-refractivity contribution in [2.45, 2.75) is 6.42 Å². The van der Waals surface area contributed by atoms with E-state index in [-0.39, 0.29) is 18.1 Å². The maximum absolute atomic E-state index is 13.6. The fraction of sp³-hybridized carbons (Fsp3) is 0.125. The highest BCUT2D eigenvalue weighted by Gasteiger charge is 2.08. The molecule has 0 aliphatic heterocycles. The maximum Gasteiger partial charge on any atom is 0.228 e. The molecule has 6 heteroatoms. The molecule has 3 rings (SSSR count). The second-order valence-corrected chi connectivity index (χ2v) is 4.87. The fourth-order valence-electron chi connectivity index (χ4n) is 2.23. The number of H-pyrrole nitrogens is 1. The van der Waals surface area contributed by atoms with Crippen LogP contribution in [0.5, 0.6) is 5.75 Å². The minimum Gasteiger partial charge on any atom is -0.494 e. The van der Waals surface area contributed by atoms with Crippen molar-refractivity contribution in [1.82, 2.24) is 10.2 Å². The third kappa shape index (κ3) is 2.90. The summed E-state index contributed by atoms with van der Waals surface area (Å²) >= 11 is 0. The first-order chi connectivity index (χ1) is 10.7. The van der Waals surface area contributed by atoms with E-state index < -0.39 is 5.82 Å². The van der Waals surface area contributed by atoms with Crippen molar-refractivity contribution < 1.29 is 13.9 Å². The number of methoxy groups -OCH3 is 1. The van der Waals surface area contributed by atoms with Gasteiger partial charge in [-0.05, 0) is 35.9 Å². The van der Waals surface area contributed by atoms with Crippen LogP contribution in [0.4, 0.5) is 10.1 Å². The Bertz CT molecular complexity index is 829. The number of nitrogens with zero attached hydrogens (tertiary/aromatic N) is 1. The highest BCUT2D eigenvalue weighted by molar-refractivity contribution is 5.94. The van der Waals surface area contributed by atoms with Crippen molar-refractivity contribution in [3.05, 3.63) is 54.0 Å². The summed E-state index contributed by atoms with van der Waals surface area (Å²) < 4.78 is 18.4. The smallest absolute Gasteiger partial charge is 0.228 e. The molecule has 22 heavy (non-hydrogen) atoms. The number of hydrogen-bond donors (Lipinski definition) is 2. The summed E-state index contributed by atoms with van der Waals surface area (Å²) in [6.07, 6.45) is 1.79. The van der Waals surface area contributed by atoms with E-state index in [4.69, 9.17) is 4.74 Å². The number of ether oxygens (including phenoxy) is 1. The Kier molecular flexibility index (Phi) is 3.74. The van der Waals surface area contributed by atoms with E-state index in [9.17, 15) is 9.18 Å². The highest BCUT2D eigenvalue weighted by Crippen LogP contribution is 2.19. The first-order valence-electron chi connectivity index (χ1n) is 6.71. The summed E-state index contributed by atoms with van der Waals surface area (Å²) in [6.45, 7) is 0. The number of carbonyl (C=O) groups is 1. The van der Waals surface area contributed by atoms with Gasteiger partial charge >= 0.3 is 0 Å². The first-order valence-corrected chi connectivity index (χ1v) is 6.71. The molecule has 0 atom stereocenters. The molecule has 0 saturated carbocycles. The molecule has 112 valence electrons. The number of amides is 1. The number of hydrogen-bond acceptors (Lipinski definition) is 3. The van der Waals surface area contributed by atoms with Gasteiger partial charge in [0, 0.05) is 11.1 Å². The van der Waals surface area contributed by atoms with E-state index in [1.54, 1.807) is 24.4 Å². The molecule has 1 heterocycles. The van der Waals surface area contributed by atoms with Gasteiger partial charge in [0.25, 0.3) is 0 Å². The van der Waals surface area contributed by atoms with Gasteiger partial charge in [-0.2, -0.15) is 5.10 Å². The Morgan fingerprint density at radius 2 is 2.18 bits per heavy atom. The number of nitrogens with one attached hydrogen (secondary N) is 2. The lowest BCUT2D eigenvalue weighted by atomic mass is 10.1. The molecule has 0 aliphatic carbocycles. The summed E-state index contributed by atoms with van der Waals surface area (Å²) in [5.74, 6) is -0.538. The minimum absolute atomic E-state index is 0.0852. The van der Waals surface area contributed by atoms with E-state index in [1.807, 2.05) is 6.07 Å². The Balaban J connectivity index is 1.70. The average molecular weight is 299 g/mol. The van der Waals surface area contributed by atoms with Crippen molar-refractivity contribution in [1.29, 1.82) is 0 Å². The summed E-state index contributed by atoms with van der Waals surface area (Å²) in [7, 11) is 1.40. The zero-order chi connectivity index (χ0) is 15.5. The molecule has 0 spiro atoms. The topological polar surface area (TPSA) is 67.0 Å². The highest BCUT2D eigenvalue weighted by atomic mass is 19.1. The predicted octanol–water partition coefficient (Wildman–Crippen LogP) is 2.89. The van der Waals surface area contributed by atoms with Crippen molar-refractivity contribution >= 4 is 22.5 Å². The Morgan fingerprint density at radius 1 is 1.32 bits per heavy atom. The standard InChI is InChI=1S/C16H14FN3O2/c1-22-15-5-2-10(6-13(15)17)7-16(21)19-12-4-3-11-9-18-20-14(11)8-12/h2-6,8-9H,7H2,1H3,(H,18,20)(H,19,21). The van der Waals surface area contributed by atoms with Crippen LogP contribution in [0.2, 0.25) is 0 Å². The molecule has 0 aliphatic rings. The number of aromatic amines is 1. The van der Waals surface area contributed by atoms with Gasteiger partial charge < -0.3 is 10.1 Å². The molecule has 0 saturated heterocycles. The Labute approximate surface area is 126 Å². The van der Waals surface area contributed by atoms with Gasteiger partial charge in [0.2, 0.25) is 5.91 Å². The normalized spacial score (nSPS) is 10.6. The summed E-state index contributed by atoms with van der Waals surface area (Å²) in [4.78, 5) is 12.0. The lowest BCUT2D eigenvalue weighted by molar-refractivity contribution is -0.115. The molecule has 0 unspecified atom stereocenters.